The lowest BCUT2D eigenvalue weighted by molar-refractivity contribution is -0.137. The van der Waals surface area contributed by atoms with Crippen LogP contribution in [0, 0.1) is 29.6 Å². The standard InChI is InChI=1S/C95H181N29O20/c1-56(2)50-61(103)81(130)110-63(29-14-21-43-97)83(132)113-67(33-18-25-47-101)87(136)121-75(54-60(9)10)95(144)123-74(53-59(7)8)94(143)116-66(32-17-24-46-100)86(135)118-71(38-41-78(106)127)91(140)122-73(52-58(5)6)93(142)115-65(31-16-23-45-99)84(133)112-64(30-15-22-44-98)85(134)117-70(37-40-77(105)126)90(139)119-69(36-39-76(104)125)89(138)114-68(34-19-26-48-102)88(137)120-72(51-57(3)4)92(141)111-62(28-13-20-42-96)82(131)109-55-80(129)108-49-27-11-12-35-79(128)124-107/h56-75H,11-55,96-103,107H2,1-10H3,(H2,104,125)(H2,105,126)(H2,106,127)(H,108,129)(H,109,131)(H,110,130)(H,111,141)(H,112,133)(H,113,132)(H,114,138)(H,115,142)(H,116,143)(H,117,134)(H,118,135)(H,119,139)(H,120,137)(H,121,136)(H,122,140)(H,123,144)(H,124,128)/t61-,62-,63-,64-,65-,66-,67-,68-,69-,70-,71-,72-,73-,74-,75-/m0/s1. The van der Waals surface area contributed by atoms with Gasteiger partial charge in [-0.05, 0) is 274 Å². The second-order valence-electron chi connectivity index (χ2n) is 39.1. The van der Waals surface area contributed by atoms with E-state index in [2.05, 4.69) is 85.1 Å². The zero-order valence-electron chi connectivity index (χ0n) is 87.0. The molecule has 0 rings (SSSR count). The number of nitrogens with one attached hydrogen (secondary N) is 17. The fourth-order valence-corrected chi connectivity index (χ4v) is 15.5. The molecule has 0 aliphatic heterocycles. The van der Waals surface area contributed by atoms with Crippen LogP contribution in [0.1, 0.15) is 300 Å². The average Bonchev–Trinajstić information content (AvgIpc) is 0.831. The quantitative estimate of drug-likeness (QED) is 0.0117. The van der Waals surface area contributed by atoms with E-state index in [1.165, 1.54) is 0 Å². The van der Waals surface area contributed by atoms with Crippen molar-refractivity contribution in [3.05, 3.63) is 0 Å². The van der Waals surface area contributed by atoms with Gasteiger partial charge in [0.1, 0.15) is 84.6 Å². The van der Waals surface area contributed by atoms with E-state index in [0.29, 0.717) is 96.4 Å². The van der Waals surface area contributed by atoms with E-state index in [0.717, 1.165) is 0 Å². The highest BCUT2D eigenvalue weighted by molar-refractivity contribution is 6.01. The topological polar surface area (TPSA) is 858 Å². The first-order valence-electron chi connectivity index (χ1n) is 51.5. The Balaban J connectivity index is 7.60. The lowest BCUT2D eigenvalue weighted by Gasteiger charge is -2.29. The minimum absolute atomic E-state index is 0.00514. The molecule has 0 aromatic rings. The first kappa shape index (κ1) is 133. The highest BCUT2D eigenvalue weighted by atomic mass is 16.2. The van der Waals surface area contributed by atoms with Crippen LogP contribution in [0.3, 0.4) is 0 Å². The van der Waals surface area contributed by atoms with Gasteiger partial charge in [0.05, 0.1) is 12.6 Å². The zero-order chi connectivity index (χ0) is 109. The lowest BCUT2D eigenvalue weighted by atomic mass is 9.98. The molecule has 0 saturated heterocycles. The molecule has 0 aliphatic carbocycles. The van der Waals surface area contributed by atoms with E-state index in [4.69, 9.17) is 68.9 Å². The lowest BCUT2D eigenvalue weighted by Crippen LogP contribution is -2.61. The Morgan fingerprint density at radius 3 is 0.597 bits per heavy atom. The van der Waals surface area contributed by atoms with Crippen LogP contribution in [0.15, 0.2) is 0 Å². The van der Waals surface area contributed by atoms with Crippen molar-refractivity contribution in [1.82, 2.24) is 90.5 Å². The predicted molar refractivity (Wildman–Crippen MR) is 545 cm³/mol. The Labute approximate surface area is 849 Å². The van der Waals surface area contributed by atoms with Crippen molar-refractivity contribution >= 4 is 118 Å². The van der Waals surface area contributed by atoms with Crippen LogP contribution in [0.5, 0.6) is 0 Å². The molecule has 0 bridgehead atoms. The maximum atomic E-state index is 14.9. The van der Waals surface area contributed by atoms with E-state index >= 15 is 0 Å². The normalized spacial score (nSPS) is 14.5. The molecule has 0 saturated carbocycles. The van der Waals surface area contributed by atoms with Crippen LogP contribution in [-0.2, 0) is 95.9 Å². The molecule has 826 valence electrons. The molecular weight excluding hydrogens is 1870 g/mol. The molecule has 0 aromatic carbocycles. The Bertz CT molecular complexity index is 3920. The van der Waals surface area contributed by atoms with Crippen molar-refractivity contribution in [1.29, 1.82) is 0 Å². The SMILES string of the molecule is CC(C)C[C@H](NC(=O)[C@H](CCCCN)NC(=O)[C@H](CCC(N)=O)NC(=O)[C@H](CCC(N)=O)NC(=O)[C@H](CCCCN)NC(=O)[C@H](CCCCN)NC(=O)[C@H](CC(C)C)NC(=O)[C@H](CCC(N)=O)NC(=O)[C@H](CCCCN)NC(=O)[C@H](CC(C)C)NC(=O)[C@H](CC(C)C)NC(=O)[C@H](CCCCN)NC(=O)[C@H](CCCCN)NC(=O)[C@@H](N)CC(C)C)C(=O)N[C@@H](CCCCN)C(=O)NCC(=O)NCCCCCC(=O)NN. The van der Waals surface area contributed by atoms with Gasteiger partial charge >= 0.3 is 0 Å². The number of hydrogen-bond acceptors (Lipinski definition) is 29. The van der Waals surface area contributed by atoms with Crippen molar-refractivity contribution < 1.29 is 95.9 Å². The fourth-order valence-electron chi connectivity index (χ4n) is 15.5. The first-order chi connectivity index (χ1) is 68.1. The summed E-state index contributed by atoms with van der Waals surface area (Å²) in [6.07, 6.45) is 3.77. The van der Waals surface area contributed by atoms with Crippen LogP contribution >= 0.6 is 0 Å². The van der Waals surface area contributed by atoms with Gasteiger partial charge in [-0.2, -0.15) is 0 Å². The Kier molecular flexibility index (Phi) is 71.6. The summed E-state index contributed by atoms with van der Waals surface area (Å²) in [5.41, 5.74) is 66.1. The van der Waals surface area contributed by atoms with Gasteiger partial charge in [-0.1, -0.05) is 75.7 Å². The van der Waals surface area contributed by atoms with Crippen LogP contribution in [0.4, 0.5) is 0 Å². The average molecular weight is 2050 g/mol. The van der Waals surface area contributed by atoms with Gasteiger partial charge in [0.2, 0.25) is 118 Å². The molecule has 0 unspecified atom stereocenters. The summed E-state index contributed by atoms with van der Waals surface area (Å²) < 4.78 is 0. The van der Waals surface area contributed by atoms with Gasteiger partial charge in [-0.3, -0.25) is 101 Å². The van der Waals surface area contributed by atoms with Crippen molar-refractivity contribution in [3.63, 3.8) is 0 Å². The minimum atomic E-state index is -1.75. The van der Waals surface area contributed by atoms with Crippen LogP contribution in [-0.4, -0.2) is 268 Å². The molecule has 0 aromatic heterocycles. The summed E-state index contributed by atoms with van der Waals surface area (Å²) in [4.78, 5) is 280. The summed E-state index contributed by atoms with van der Waals surface area (Å²) in [7, 11) is 0. The largest absolute Gasteiger partial charge is 0.370 e. The fraction of sp³-hybridized carbons (Fsp3) is 0.789. The number of carbonyl (C=O) groups is 20. The third kappa shape index (κ3) is 60.7. The van der Waals surface area contributed by atoms with Gasteiger partial charge in [0, 0.05) is 32.2 Å². The molecule has 0 radical (unpaired) electrons. The molecule has 41 N–H and O–H groups in total. The summed E-state index contributed by atoms with van der Waals surface area (Å²) in [5, 5.41) is 42.8. The van der Waals surface area contributed by atoms with Crippen molar-refractivity contribution in [2.24, 2.45) is 98.5 Å². The molecule has 0 spiro atoms. The minimum Gasteiger partial charge on any atom is -0.370 e. The maximum absolute atomic E-state index is 14.9. The second-order valence-corrected chi connectivity index (χ2v) is 39.1. The molecule has 0 fully saturated rings. The number of hydrazine groups is 1. The van der Waals surface area contributed by atoms with Gasteiger partial charge < -0.3 is 148 Å². The monoisotopic (exact) mass is 2050 g/mol. The van der Waals surface area contributed by atoms with Gasteiger partial charge in [0.25, 0.3) is 0 Å². The number of primary amides is 3. The van der Waals surface area contributed by atoms with Crippen LogP contribution < -0.4 is 159 Å². The predicted octanol–water partition coefficient (Wildman–Crippen LogP) is -5.19. The molecule has 0 heterocycles. The summed E-state index contributed by atoms with van der Waals surface area (Å²) in [6, 6.07) is -21.1. The highest BCUT2D eigenvalue weighted by Gasteiger charge is 2.40. The molecule has 0 aliphatic rings. The third-order valence-corrected chi connectivity index (χ3v) is 23.4. The highest BCUT2D eigenvalue weighted by Crippen LogP contribution is 2.19. The molecule has 144 heavy (non-hydrogen) atoms. The smallest absolute Gasteiger partial charge is 0.243 e. The van der Waals surface area contributed by atoms with E-state index in [-0.39, 0.29) is 184 Å². The van der Waals surface area contributed by atoms with Crippen LogP contribution in [0.2, 0.25) is 0 Å². The summed E-state index contributed by atoms with van der Waals surface area (Å²) in [5.74, 6) is -12.6. The molecule has 49 nitrogen and oxygen atoms in total. The Hall–Kier alpha value is -11.0. The number of unbranched alkanes of at least 4 members (excludes halogenated alkanes) is 9. The zero-order valence-corrected chi connectivity index (χ0v) is 87.0. The molecular formula is C95H181N29O20. The van der Waals surface area contributed by atoms with Gasteiger partial charge in [0.15, 0.2) is 0 Å². The van der Waals surface area contributed by atoms with Crippen molar-refractivity contribution in [2.45, 2.75) is 391 Å². The molecule has 20 amide bonds. The summed E-state index contributed by atoms with van der Waals surface area (Å²) in [6.45, 7) is 19.1. The van der Waals surface area contributed by atoms with Crippen LogP contribution in [0.25, 0.3) is 0 Å². The van der Waals surface area contributed by atoms with Gasteiger partial charge in [-0.15, -0.1) is 0 Å². The number of amides is 20. The second kappa shape index (κ2) is 77.5. The van der Waals surface area contributed by atoms with Gasteiger partial charge in [-0.25, -0.2) is 5.84 Å². The third-order valence-electron chi connectivity index (χ3n) is 23.4. The number of nitrogens with two attached hydrogens (primary N) is 12. The summed E-state index contributed by atoms with van der Waals surface area (Å²) >= 11 is 0. The van der Waals surface area contributed by atoms with Crippen molar-refractivity contribution in [3.8, 4) is 0 Å². The van der Waals surface area contributed by atoms with E-state index in [1.807, 2.05) is 19.3 Å². The first-order valence-corrected chi connectivity index (χ1v) is 51.5. The van der Waals surface area contributed by atoms with E-state index in [9.17, 15) is 95.9 Å². The molecule has 15 atom stereocenters. The number of hydrogen-bond donors (Lipinski definition) is 29. The number of carbonyl (C=O) groups excluding carboxylic acids is 20. The van der Waals surface area contributed by atoms with E-state index in [1.54, 1.807) is 55.4 Å². The molecule has 49 heteroatoms. The maximum Gasteiger partial charge on any atom is 0.243 e. The van der Waals surface area contributed by atoms with E-state index < -0.39 is 248 Å². The van der Waals surface area contributed by atoms with Crippen molar-refractivity contribution in [2.75, 3.05) is 58.9 Å². The Morgan fingerprint density at radius 2 is 0.396 bits per heavy atom. The number of rotatable bonds is 84. The Morgan fingerprint density at radius 1 is 0.201 bits per heavy atom.